The first-order valence-corrected chi connectivity index (χ1v) is 4.77. The van der Waals surface area contributed by atoms with Crippen LogP contribution in [0.15, 0.2) is 0 Å². The van der Waals surface area contributed by atoms with Crippen molar-refractivity contribution < 1.29 is 4.74 Å². The minimum Gasteiger partial charge on any atom is -0.378 e. The Kier molecular flexibility index (Phi) is 2.44. The van der Waals surface area contributed by atoms with Crippen molar-refractivity contribution >= 4 is 0 Å². The number of hydrogen-bond donors (Lipinski definition) is 1. The first-order valence-electron chi connectivity index (χ1n) is 4.77. The maximum Gasteiger partial charge on any atom is 0.0599 e. The SMILES string of the molecule is C1CC(OCC2CC2)CCN1. The van der Waals surface area contributed by atoms with Gasteiger partial charge in [0.15, 0.2) is 0 Å². The van der Waals surface area contributed by atoms with Crippen molar-refractivity contribution in [3.63, 3.8) is 0 Å². The van der Waals surface area contributed by atoms with Crippen LogP contribution in [0.2, 0.25) is 0 Å². The van der Waals surface area contributed by atoms with Crippen molar-refractivity contribution in [3.8, 4) is 0 Å². The molecule has 2 rings (SSSR count). The molecule has 64 valence electrons. The fourth-order valence-electron chi connectivity index (χ4n) is 1.52. The van der Waals surface area contributed by atoms with Gasteiger partial charge in [0.2, 0.25) is 0 Å². The number of piperidine rings is 1. The molecule has 2 aliphatic rings. The second kappa shape index (κ2) is 3.55. The molecule has 11 heavy (non-hydrogen) atoms. The summed E-state index contributed by atoms with van der Waals surface area (Å²) in [6, 6.07) is 0. The van der Waals surface area contributed by atoms with Gasteiger partial charge >= 0.3 is 0 Å². The summed E-state index contributed by atoms with van der Waals surface area (Å²) in [5.41, 5.74) is 0. The summed E-state index contributed by atoms with van der Waals surface area (Å²) in [7, 11) is 0. The Labute approximate surface area is 68.3 Å². The zero-order valence-corrected chi connectivity index (χ0v) is 7.01. The first kappa shape index (κ1) is 7.56. The van der Waals surface area contributed by atoms with Crippen LogP contribution in [0.3, 0.4) is 0 Å². The second-order valence-corrected chi connectivity index (χ2v) is 3.73. The monoisotopic (exact) mass is 155 g/mol. The molecule has 0 amide bonds. The summed E-state index contributed by atoms with van der Waals surface area (Å²) in [5, 5.41) is 3.34. The van der Waals surface area contributed by atoms with Crippen molar-refractivity contribution in [2.24, 2.45) is 5.92 Å². The zero-order valence-electron chi connectivity index (χ0n) is 7.01. The molecule has 1 saturated carbocycles. The van der Waals surface area contributed by atoms with E-state index in [1.165, 1.54) is 25.7 Å². The molecule has 0 spiro atoms. The molecular formula is C9H17NO. The van der Waals surface area contributed by atoms with E-state index in [9.17, 15) is 0 Å². The van der Waals surface area contributed by atoms with Crippen LogP contribution >= 0.6 is 0 Å². The predicted octanol–water partition coefficient (Wildman–Crippen LogP) is 1.17. The van der Waals surface area contributed by atoms with E-state index in [0.29, 0.717) is 6.10 Å². The molecule has 2 nitrogen and oxygen atoms in total. The fourth-order valence-corrected chi connectivity index (χ4v) is 1.52. The van der Waals surface area contributed by atoms with Gasteiger partial charge in [-0.15, -0.1) is 0 Å². The van der Waals surface area contributed by atoms with Gasteiger partial charge in [-0.3, -0.25) is 0 Å². The van der Waals surface area contributed by atoms with Crippen molar-refractivity contribution in [2.45, 2.75) is 31.8 Å². The molecule has 0 aromatic rings. The average molecular weight is 155 g/mol. The van der Waals surface area contributed by atoms with E-state index < -0.39 is 0 Å². The molecule has 0 aromatic heterocycles. The summed E-state index contributed by atoms with van der Waals surface area (Å²) in [5.74, 6) is 0.921. The van der Waals surface area contributed by atoms with Crippen molar-refractivity contribution in [1.82, 2.24) is 5.32 Å². The molecule has 1 aliphatic carbocycles. The van der Waals surface area contributed by atoms with E-state index in [1.807, 2.05) is 0 Å². The summed E-state index contributed by atoms with van der Waals surface area (Å²) < 4.78 is 5.77. The molecule has 1 aliphatic heterocycles. The smallest absolute Gasteiger partial charge is 0.0599 e. The Morgan fingerprint density at radius 3 is 2.45 bits per heavy atom. The van der Waals surface area contributed by atoms with Gasteiger partial charge in [-0.05, 0) is 44.7 Å². The van der Waals surface area contributed by atoms with Crippen LogP contribution in [0.1, 0.15) is 25.7 Å². The third kappa shape index (κ3) is 2.46. The minimum atomic E-state index is 0.567. The highest BCUT2D eigenvalue weighted by molar-refractivity contribution is 4.74. The Hall–Kier alpha value is -0.0800. The summed E-state index contributed by atoms with van der Waals surface area (Å²) in [6.45, 7) is 3.33. The van der Waals surface area contributed by atoms with Crippen LogP contribution in [0.5, 0.6) is 0 Å². The lowest BCUT2D eigenvalue weighted by Crippen LogP contribution is -2.32. The largest absolute Gasteiger partial charge is 0.378 e. The lowest BCUT2D eigenvalue weighted by Gasteiger charge is -2.22. The number of rotatable bonds is 3. The molecule has 1 heterocycles. The van der Waals surface area contributed by atoms with Gasteiger partial charge in [0.05, 0.1) is 6.10 Å². The summed E-state index contributed by atoms with van der Waals surface area (Å²) in [6.07, 6.45) is 5.81. The summed E-state index contributed by atoms with van der Waals surface area (Å²) >= 11 is 0. The second-order valence-electron chi connectivity index (χ2n) is 3.73. The van der Waals surface area contributed by atoms with E-state index in [0.717, 1.165) is 25.6 Å². The van der Waals surface area contributed by atoms with Crippen molar-refractivity contribution in [3.05, 3.63) is 0 Å². The molecule has 0 radical (unpaired) electrons. The van der Waals surface area contributed by atoms with Crippen LogP contribution in [-0.2, 0) is 4.74 Å². The maximum absolute atomic E-state index is 5.77. The Bertz CT molecular complexity index is 117. The van der Waals surface area contributed by atoms with Gasteiger partial charge in [-0.25, -0.2) is 0 Å². The van der Waals surface area contributed by atoms with Crippen LogP contribution in [0.25, 0.3) is 0 Å². The maximum atomic E-state index is 5.77. The Morgan fingerprint density at radius 2 is 1.82 bits per heavy atom. The molecular weight excluding hydrogens is 138 g/mol. The van der Waals surface area contributed by atoms with Gasteiger partial charge in [0, 0.05) is 6.61 Å². The number of nitrogens with one attached hydrogen (secondary N) is 1. The van der Waals surface area contributed by atoms with Gasteiger partial charge in [-0.1, -0.05) is 0 Å². The third-order valence-electron chi connectivity index (χ3n) is 2.55. The van der Waals surface area contributed by atoms with Crippen molar-refractivity contribution in [2.75, 3.05) is 19.7 Å². The topological polar surface area (TPSA) is 21.3 Å². The van der Waals surface area contributed by atoms with Crippen LogP contribution in [0, 0.1) is 5.92 Å². The standard InChI is InChI=1S/C9H17NO/c1-2-8(1)7-11-9-3-5-10-6-4-9/h8-10H,1-7H2. The highest BCUT2D eigenvalue weighted by Crippen LogP contribution is 2.29. The van der Waals surface area contributed by atoms with E-state index in [-0.39, 0.29) is 0 Å². The Balaban J connectivity index is 1.59. The first-order chi connectivity index (χ1) is 5.45. The molecule has 2 fully saturated rings. The average Bonchev–Trinajstić information content (AvgIpc) is 2.86. The quantitative estimate of drug-likeness (QED) is 0.660. The molecule has 2 heteroatoms. The van der Waals surface area contributed by atoms with Crippen molar-refractivity contribution in [1.29, 1.82) is 0 Å². The van der Waals surface area contributed by atoms with Gasteiger partial charge in [-0.2, -0.15) is 0 Å². The van der Waals surface area contributed by atoms with Gasteiger partial charge in [0.25, 0.3) is 0 Å². The highest BCUT2D eigenvalue weighted by atomic mass is 16.5. The predicted molar refractivity (Wildman–Crippen MR) is 44.6 cm³/mol. The lowest BCUT2D eigenvalue weighted by molar-refractivity contribution is 0.0266. The highest BCUT2D eigenvalue weighted by Gasteiger charge is 2.23. The Morgan fingerprint density at radius 1 is 1.09 bits per heavy atom. The summed E-state index contributed by atoms with van der Waals surface area (Å²) in [4.78, 5) is 0. The normalized spacial score (nSPS) is 27.3. The van der Waals surface area contributed by atoms with Crippen LogP contribution < -0.4 is 5.32 Å². The van der Waals surface area contributed by atoms with E-state index in [1.54, 1.807) is 0 Å². The van der Waals surface area contributed by atoms with E-state index in [2.05, 4.69) is 5.32 Å². The fraction of sp³-hybridized carbons (Fsp3) is 1.00. The zero-order chi connectivity index (χ0) is 7.52. The molecule has 0 bridgehead atoms. The minimum absolute atomic E-state index is 0.567. The van der Waals surface area contributed by atoms with E-state index in [4.69, 9.17) is 4.74 Å². The van der Waals surface area contributed by atoms with E-state index >= 15 is 0 Å². The molecule has 0 unspecified atom stereocenters. The molecule has 1 N–H and O–H groups in total. The van der Waals surface area contributed by atoms with Crippen LogP contribution in [0.4, 0.5) is 0 Å². The molecule has 0 atom stereocenters. The number of hydrogen-bond acceptors (Lipinski definition) is 2. The number of ether oxygens (including phenoxy) is 1. The lowest BCUT2D eigenvalue weighted by atomic mass is 10.1. The van der Waals surface area contributed by atoms with Gasteiger partial charge < -0.3 is 10.1 Å². The third-order valence-corrected chi connectivity index (χ3v) is 2.55. The van der Waals surface area contributed by atoms with Gasteiger partial charge in [0.1, 0.15) is 0 Å². The molecule has 1 saturated heterocycles. The van der Waals surface area contributed by atoms with Crippen LogP contribution in [-0.4, -0.2) is 25.8 Å². The molecule has 0 aromatic carbocycles.